The van der Waals surface area contributed by atoms with Crippen molar-refractivity contribution < 1.29 is 38.4 Å². The summed E-state index contributed by atoms with van der Waals surface area (Å²) in [4.78, 5) is 43.1. The molecule has 2 aliphatic rings. The summed E-state index contributed by atoms with van der Waals surface area (Å²) in [5, 5.41) is 9.67. The summed E-state index contributed by atoms with van der Waals surface area (Å²) in [6.07, 6.45) is -3.67. The molecule has 190 valence electrons. The quantitative estimate of drug-likeness (QED) is 0.681. The summed E-state index contributed by atoms with van der Waals surface area (Å²) >= 11 is 0. The van der Waals surface area contributed by atoms with Crippen LogP contribution < -0.4 is 10.6 Å². The second-order valence-electron chi connectivity index (χ2n) is 10.6. The second kappa shape index (κ2) is 8.91. The molecule has 1 N–H and O–H groups in total. The normalized spacial score (nSPS) is 26.1. The van der Waals surface area contributed by atoms with Gasteiger partial charge in [0.05, 0.1) is 6.61 Å². The van der Waals surface area contributed by atoms with Crippen molar-refractivity contribution in [3.63, 3.8) is 0 Å². The fourth-order valence-electron chi connectivity index (χ4n) is 3.63. The van der Waals surface area contributed by atoms with E-state index >= 15 is 0 Å². The van der Waals surface area contributed by atoms with Gasteiger partial charge in [0.2, 0.25) is 0 Å². The molecule has 12 nitrogen and oxygen atoms in total. The fraction of sp³-hybridized carbons (Fsp3) is 0.727. The monoisotopic (exact) mass is 483 g/mol. The molecule has 3 heterocycles. The summed E-state index contributed by atoms with van der Waals surface area (Å²) in [6.45, 7) is 12.9. The van der Waals surface area contributed by atoms with E-state index in [-0.39, 0.29) is 12.4 Å². The Morgan fingerprint density at radius 2 is 1.62 bits per heavy atom. The molecular weight excluding hydrogens is 450 g/mol. The number of hydrogen-bond donors (Lipinski definition) is 1. The van der Waals surface area contributed by atoms with Gasteiger partial charge in [-0.2, -0.15) is 9.88 Å². The van der Waals surface area contributed by atoms with Gasteiger partial charge >= 0.3 is 17.9 Å². The van der Waals surface area contributed by atoms with Gasteiger partial charge in [-0.3, -0.25) is 4.57 Å². The van der Waals surface area contributed by atoms with Crippen LogP contribution in [0.3, 0.4) is 0 Å². The van der Waals surface area contributed by atoms with Gasteiger partial charge in [0.15, 0.2) is 17.8 Å². The molecule has 1 aromatic rings. The Bertz CT molecular complexity index is 965. The number of ether oxygens (including phenoxy) is 5. The lowest BCUT2D eigenvalue weighted by Crippen LogP contribution is -2.45. The maximum Gasteiger partial charge on any atom is 0.425 e. The van der Waals surface area contributed by atoms with Crippen molar-refractivity contribution in [2.75, 3.05) is 11.5 Å². The standard InChI is InChI=1S/C22H33N3O9/c1-20(2,3)33-18(28)25(19(29)34-21(4,5)6)13-9-10-24(17(27)23-13)16-15-14(12(11-26)30-16)31-22(7,8)32-15/h9-10,12,14-16,26H,11H2,1-8H3/t12-,14-,15-,16-/m1/s1. The van der Waals surface area contributed by atoms with Crippen LogP contribution in [0.25, 0.3) is 0 Å². The molecule has 0 bridgehead atoms. The number of fused-ring (bicyclic) bond motifs is 1. The first-order chi connectivity index (χ1) is 15.5. The molecule has 2 saturated heterocycles. The van der Waals surface area contributed by atoms with Crippen molar-refractivity contribution in [1.82, 2.24) is 9.55 Å². The molecule has 0 aromatic carbocycles. The molecule has 0 aliphatic carbocycles. The third-order valence-corrected chi connectivity index (χ3v) is 4.78. The molecule has 34 heavy (non-hydrogen) atoms. The van der Waals surface area contributed by atoms with E-state index in [1.165, 1.54) is 12.3 Å². The van der Waals surface area contributed by atoms with Crippen molar-refractivity contribution >= 4 is 18.0 Å². The molecule has 12 heteroatoms. The Morgan fingerprint density at radius 3 is 2.09 bits per heavy atom. The van der Waals surface area contributed by atoms with Crippen LogP contribution in [0.5, 0.6) is 0 Å². The fourth-order valence-corrected chi connectivity index (χ4v) is 3.63. The summed E-state index contributed by atoms with van der Waals surface area (Å²) in [7, 11) is 0. The van der Waals surface area contributed by atoms with Crippen LogP contribution in [0.2, 0.25) is 0 Å². The van der Waals surface area contributed by atoms with Crippen LogP contribution in [0, 0.1) is 0 Å². The Labute approximate surface area is 197 Å². The molecule has 4 atom stereocenters. The molecule has 1 aromatic heterocycles. The molecule has 3 rings (SSSR count). The molecule has 2 amide bonds. The number of nitrogens with zero attached hydrogens (tertiary/aromatic N) is 3. The first kappa shape index (κ1) is 26.1. The van der Waals surface area contributed by atoms with E-state index in [4.69, 9.17) is 23.7 Å². The lowest BCUT2D eigenvalue weighted by atomic mass is 10.1. The van der Waals surface area contributed by atoms with Crippen molar-refractivity contribution in [3.8, 4) is 0 Å². The van der Waals surface area contributed by atoms with Gasteiger partial charge in [0, 0.05) is 6.20 Å². The number of carbonyl (C=O) groups excluding carboxylic acids is 2. The predicted octanol–water partition coefficient (Wildman–Crippen LogP) is 2.33. The van der Waals surface area contributed by atoms with Crippen LogP contribution in [-0.4, -0.2) is 68.8 Å². The minimum absolute atomic E-state index is 0.276. The van der Waals surface area contributed by atoms with Crippen LogP contribution in [0.15, 0.2) is 17.1 Å². The Kier molecular flexibility index (Phi) is 6.83. The van der Waals surface area contributed by atoms with E-state index < -0.39 is 59.4 Å². The largest absolute Gasteiger partial charge is 0.443 e. The SMILES string of the molecule is CC(C)(C)OC(=O)N(C(=O)OC(C)(C)C)c1ccn([C@@H]2O[C@H](CO)[C@H]3OC(C)(C)O[C@H]32)c(=O)n1. The first-order valence-corrected chi connectivity index (χ1v) is 11.0. The van der Waals surface area contributed by atoms with Crippen molar-refractivity contribution in [3.05, 3.63) is 22.7 Å². The van der Waals surface area contributed by atoms with Crippen LogP contribution in [-0.2, 0) is 23.7 Å². The zero-order valence-electron chi connectivity index (χ0n) is 20.7. The Balaban J connectivity index is 1.95. The molecular formula is C22H33N3O9. The maximum absolute atomic E-state index is 13.0. The zero-order valence-corrected chi connectivity index (χ0v) is 20.7. The molecule has 2 fully saturated rings. The number of aliphatic hydroxyl groups is 1. The predicted molar refractivity (Wildman–Crippen MR) is 118 cm³/mol. The molecule has 2 aliphatic heterocycles. The number of carbonyl (C=O) groups is 2. The lowest BCUT2D eigenvalue weighted by Gasteiger charge is -2.28. The third kappa shape index (κ3) is 5.74. The second-order valence-corrected chi connectivity index (χ2v) is 10.6. The smallest absolute Gasteiger partial charge is 0.425 e. The average Bonchev–Trinajstić information content (AvgIpc) is 3.12. The zero-order chi connectivity index (χ0) is 25.6. The highest BCUT2D eigenvalue weighted by Gasteiger charge is 2.56. The highest BCUT2D eigenvalue weighted by Crippen LogP contribution is 2.42. The summed E-state index contributed by atoms with van der Waals surface area (Å²) in [5.74, 6) is -1.20. The van der Waals surface area contributed by atoms with E-state index in [2.05, 4.69) is 4.98 Å². The topological polar surface area (TPSA) is 139 Å². The number of hydrogen-bond acceptors (Lipinski definition) is 10. The number of amides is 2. The highest BCUT2D eigenvalue weighted by atomic mass is 16.8. The minimum Gasteiger partial charge on any atom is -0.443 e. The van der Waals surface area contributed by atoms with Gasteiger partial charge in [-0.05, 0) is 61.5 Å². The van der Waals surface area contributed by atoms with Gasteiger partial charge in [0.25, 0.3) is 0 Å². The van der Waals surface area contributed by atoms with E-state index in [0.717, 1.165) is 4.57 Å². The summed E-state index contributed by atoms with van der Waals surface area (Å²) in [5.41, 5.74) is -2.64. The maximum atomic E-state index is 13.0. The van der Waals surface area contributed by atoms with Crippen molar-refractivity contribution in [1.29, 1.82) is 0 Å². The molecule has 0 saturated carbocycles. The summed E-state index contributed by atoms with van der Waals surface area (Å²) in [6, 6.07) is 1.29. The minimum atomic E-state index is -1.04. The molecule has 0 unspecified atom stereocenters. The van der Waals surface area contributed by atoms with Crippen LogP contribution in [0.4, 0.5) is 15.4 Å². The van der Waals surface area contributed by atoms with Gasteiger partial charge in [-0.1, -0.05) is 0 Å². The van der Waals surface area contributed by atoms with Gasteiger partial charge in [-0.25, -0.2) is 14.4 Å². The number of imide groups is 1. The van der Waals surface area contributed by atoms with Crippen LogP contribution >= 0.6 is 0 Å². The summed E-state index contributed by atoms with van der Waals surface area (Å²) < 4.78 is 29.3. The number of anilines is 1. The third-order valence-electron chi connectivity index (χ3n) is 4.78. The number of aliphatic hydroxyl groups excluding tert-OH is 1. The van der Waals surface area contributed by atoms with Gasteiger partial charge in [0.1, 0.15) is 29.5 Å². The Morgan fingerprint density at radius 1 is 1.09 bits per heavy atom. The van der Waals surface area contributed by atoms with Crippen LogP contribution in [0.1, 0.15) is 61.6 Å². The molecule has 0 spiro atoms. The van der Waals surface area contributed by atoms with E-state index in [1.807, 2.05) is 0 Å². The molecule has 0 radical (unpaired) electrons. The van der Waals surface area contributed by atoms with E-state index in [9.17, 15) is 19.5 Å². The lowest BCUT2D eigenvalue weighted by molar-refractivity contribution is -0.200. The average molecular weight is 484 g/mol. The van der Waals surface area contributed by atoms with Gasteiger partial charge < -0.3 is 28.8 Å². The van der Waals surface area contributed by atoms with E-state index in [0.29, 0.717) is 4.90 Å². The Hall–Kier alpha value is -2.54. The highest BCUT2D eigenvalue weighted by molar-refractivity contribution is 6.08. The van der Waals surface area contributed by atoms with Crippen molar-refractivity contribution in [2.45, 2.75) is 96.9 Å². The first-order valence-electron chi connectivity index (χ1n) is 11.0. The number of aromatic nitrogens is 2. The van der Waals surface area contributed by atoms with Gasteiger partial charge in [-0.15, -0.1) is 0 Å². The number of rotatable bonds is 3. The van der Waals surface area contributed by atoms with E-state index in [1.54, 1.807) is 55.4 Å². The van der Waals surface area contributed by atoms with Crippen molar-refractivity contribution in [2.24, 2.45) is 0 Å².